The Morgan fingerprint density at radius 3 is 2.19 bits per heavy atom. The summed E-state index contributed by atoms with van der Waals surface area (Å²) < 4.78 is 11.5. The van der Waals surface area contributed by atoms with Crippen molar-refractivity contribution in [2.75, 3.05) is 20.3 Å². The van der Waals surface area contributed by atoms with E-state index in [-0.39, 0.29) is 0 Å². The summed E-state index contributed by atoms with van der Waals surface area (Å²) in [6, 6.07) is 14.3. The number of ether oxygens (including phenoxy) is 2. The van der Waals surface area contributed by atoms with E-state index in [1.54, 1.807) is 0 Å². The van der Waals surface area contributed by atoms with E-state index in [9.17, 15) is 0 Å². The normalized spacial score (nSPS) is 10.4. The van der Waals surface area contributed by atoms with Crippen LogP contribution in [-0.4, -0.2) is 20.3 Å². The molecule has 2 aromatic carbocycles. The van der Waals surface area contributed by atoms with E-state index in [1.807, 2.05) is 37.4 Å². The first kappa shape index (κ1) is 15.4. The quantitative estimate of drug-likeness (QED) is 0.790. The molecule has 1 N–H and O–H groups in total. The molecule has 21 heavy (non-hydrogen) atoms. The molecule has 2 rings (SSSR count). The van der Waals surface area contributed by atoms with Crippen LogP contribution < -0.4 is 14.8 Å². The van der Waals surface area contributed by atoms with Crippen LogP contribution in [0.25, 0.3) is 0 Å². The molecule has 0 saturated heterocycles. The van der Waals surface area contributed by atoms with Gasteiger partial charge in [0.05, 0.1) is 0 Å². The lowest BCUT2D eigenvalue weighted by Gasteiger charge is -2.10. The van der Waals surface area contributed by atoms with Crippen molar-refractivity contribution in [3.8, 4) is 11.5 Å². The Labute approximate surface area is 126 Å². The molecule has 0 saturated carbocycles. The number of aryl methyl sites for hydroxylation is 2. The smallest absolute Gasteiger partial charge is 0.122 e. The largest absolute Gasteiger partial charge is 0.490 e. The van der Waals surface area contributed by atoms with Crippen LogP contribution in [0.15, 0.2) is 42.5 Å². The molecule has 2 aromatic rings. The molecule has 0 aliphatic heterocycles. The second kappa shape index (κ2) is 7.70. The third-order valence-corrected chi connectivity index (χ3v) is 3.10. The molecule has 0 atom stereocenters. The predicted molar refractivity (Wildman–Crippen MR) is 86.1 cm³/mol. The minimum atomic E-state index is 0.538. The summed E-state index contributed by atoms with van der Waals surface area (Å²) in [5.41, 5.74) is 3.64. The molecule has 0 fully saturated rings. The standard InChI is InChI=1S/C18H23NO2/c1-14-9-15(2)11-18(10-14)21-8-7-20-17-6-4-5-16(12-17)13-19-3/h4-6,9-12,19H,7-8,13H2,1-3H3. The van der Waals surface area contributed by atoms with E-state index in [1.165, 1.54) is 16.7 Å². The van der Waals surface area contributed by atoms with Crippen molar-refractivity contribution in [3.63, 3.8) is 0 Å². The number of benzene rings is 2. The number of hydrogen-bond donors (Lipinski definition) is 1. The van der Waals surface area contributed by atoms with Gasteiger partial charge in [0.1, 0.15) is 24.7 Å². The van der Waals surface area contributed by atoms with E-state index in [0.717, 1.165) is 18.0 Å². The van der Waals surface area contributed by atoms with Crippen molar-refractivity contribution in [3.05, 3.63) is 59.2 Å². The summed E-state index contributed by atoms with van der Waals surface area (Å²) in [6.07, 6.45) is 0. The fourth-order valence-corrected chi connectivity index (χ4v) is 2.28. The lowest BCUT2D eigenvalue weighted by Crippen LogP contribution is -2.10. The van der Waals surface area contributed by atoms with Gasteiger partial charge in [0.25, 0.3) is 0 Å². The van der Waals surface area contributed by atoms with E-state index < -0.39 is 0 Å². The molecule has 0 radical (unpaired) electrons. The zero-order chi connectivity index (χ0) is 15.1. The van der Waals surface area contributed by atoms with Crippen LogP contribution in [0.4, 0.5) is 0 Å². The minimum Gasteiger partial charge on any atom is -0.490 e. The Balaban J connectivity index is 1.80. The second-order valence-electron chi connectivity index (χ2n) is 5.20. The first-order valence-corrected chi connectivity index (χ1v) is 7.25. The van der Waals surface area contributed by atoms with Crippen LogP contribution in [0, 0.1) is 13.8 Å². The van der Waals surface area contributed by atoms with Crippen LogP contribution in [0.2, 0.25) is 0 Å². The summed E-state index contributed by atoms with van der Waals surface area (Å²) in [5, 5.41) is 3.13. The van der Waals surface area contributed by atoms with Crippen LogP contribution in [0.3, 0.4) is 0 Å². The van der Waals surface area contributed by atoms with Gasteiger partial charge in [-0.1, -0.05) is 18.2 Å². The maximum absolute atomic E-state index is 5.73. The van der Waals surface area contributed by atoms with Gasteiger partial charge in [-0.2, -0.15) is 0 Å². The average Bonchev–Trinajstić information content (AvgIpc) is 2.43. The Morgan fingerprint density at radius 1 is 0.857 bits per heavy atom. The fourth-order valence-electron chi connectivity index (χ4n) is 2.28. The Kier molecular flexibility index (Phi) is 5.64. The van der Waals surface area contributed by atoms with Gasteiger partial charge >= 0.3 is 0 Å². The molecule has 0 amide bonds. The Morgan fingerprint density at radius 2 is 1.52 bits per heavy atom. The fraction of sp³-hybridized carbons (Fsp3) is 0.333. The zero-order valence-corrected chi connectivity index (χ0v) is 13.0. The van der Waals surface area contributed by atoms with E-state index in [0.29, 0.717) is 13.2 Å². The summed E-state index contributed by atoms with van der Waals surface area (Å²) in [5.74, 6) is 1.78. The van der Waals surface area contributed by atoms with Crippen molar-refractivity contribution in [2.45, 2.75) is 20.4 Å². The van der Waals surface area contributed by atoms with Gasteiger partial charge in [0.15, 0.2) is 0 Å². The molecular formula is C18H23NO2. The molecular weight excluding hydrogens is 262 g/mol. The van der Waals surface area contributed by atoms with Crippen molar-refractivity contribution < 1.29 is 9.47 Å². The van der Waals surface area contributed by atoms with Gasteiger partial charge < -0.3 is 14.8 Å². The SMILES string of the molecule is CNCc1cccc(OCCOc2cc(C)cc(C)c2)c1. The maximum atomic E-state index is 5.73. The molecule has 0 heterocycles. The van der Waals surface area contributed by atoms with Crippen LogP contribution in [-0.2, 0) is 6.54 Å². The van der Waals surface area contributed by atoms with Gasteiger partial charge in [0.2, 0.25) is 0 Å². The molecule has 0 aromatic heterocycles. The molecule has 3 heteroatoms. The van der Waals surface area contributed by atoms with Gasteiger partial charge in [0, 0.05) is 6.54 Å². The number of hydrogen-bond acceptors (Lipinski definition) is 3. The van der Waals surface area contributed by atoms with Crippen molar-refractivity contribution in [2.24, 2.45) is 0 Å². The highest BCUT2D eigenvalue weighted by Crippen LogP contribution is 2.16. The highest BCUT2D eigenvalue weighted by molar-refractivity contribution is 5.33. The first-order chi connectivity index (χ1) is 10.2. The van der Waals surface area contributed by atoms with E-state index in [2.05, 4.69) is 31.3 Å². The molecule has 0 bridgehead atoms. The highest BCUT2D eigenvalue weighted by atomic mass is 16.5. The van der Waals surface area contributed by atoms with Crippen molar-refractivity contribution in [1.29, 1.82) is 0 Å². The van der Waals surface area contributed by atoms with Gasteiger partial charge in [-0.25, -0.2) is 0 Å². The minimum absolute atomic E-state index is 0.538. The third-order valence-electron chi connectivity index (χ3n) is 3.10. The molecule has 0 spiro atoms. The lowest BCUT2D eigenvalue weighted by molar-refractivity contribution is 0.217. The number of nitrogens with one attached hydrogen (secondary N) is 1. The summed E-state index contributed by atoms with van der Waals surface area (Å²) in [7, 11) is 1.94. The molecule has 0 unspecified atom stereocenters. The van der Waals surface area contributed by atoms with Gasteiger partial charge in [-0.05, 0) is 61.9 Å². The number of rotatable bonds is 7. The highest BCUT2D eigenvalue weighted by Gasteiger charge is 1.99. The summed E-state index contributed by atoms with van der Waals surface area (Å²) >= 11 is 0. The molecule has 3 nitrogen and oxygen atoms in total. The predicted octanol–water partition coefficient (Wildman–Crippen LogP) is 3.48. The van der Waals surface area contributed by atoms with Crippen LogP contribution in [0.5, 0.6) is 11.5 Å². The lowest BCUT2D eigenvalue weighted by atomic mass is 10.1. The van der Waals surface area contributed by atoms with E-state index in [4.69, 9.17) is 9.47 Å². The maximum Gasteiger partial charge on any atom is 0.122 e. The topological polar surface area (TPSA) is 30.5 Å². The Hall–Kier alpha value is -2.00. The Bertz CT molecular complexity index is 561. The van der Waals surface area contributed by atoms with Gasteiger partial charge in [-0.15, -0.1) is 0 Å². The molecule has 112 valence electrons. The van der Waals surface area contributed by atoms with Crippen molar-refractivity contribution >= 4 is 0 Å². The second-order valence-corrected chi connectivity index (χ2v) is 5.20. The van der Waals surface area contributed by atoms with E-state index >= 15 is 0 Å². The molecule has 0 aliphatic rings. The summed E-state index contributed by atoms with van der Waals surface area (Å²) in [6.45, 7) is 6.07. The average molecular weight is 285 g/mol. The zero-order valence-electron chi connectivity index (χ0n) is 13.0. The van der Waals surface area contributed by atoms with Crippen LogP contribution >= 0.6 is 0 Å². The third kappa shape index (κ3) is 5.12. The summed E-state index contributed by atoms with van der Waals surface area (Å²) in [4.78, 5) is 0. The van der Waals surface area contributed by atoms with Crippen LogP contribution in [0.1, 0.15) is 16.7 Å². The van der Waals surface area contributed by atoms with Gasteiger partial charge in [-0.3, -0.25) is 0 Å². The molecule has 0 aliphatic carbocycles. The van der Waals surface area contributed by atoms with Crippen molar-refractivity contribution in [1.82, 2.24) is 5.32 Å². The first-order valence-electron chi connectivity index (χ1n) is 7.25. The monoisotopic (exact) mass is 285 g/mol.